The fourth-order valence-corrected chi connectivity index (χ4v) is 3.52. The lowest BCUT2D eigenvalue weighted by Gasteiger charge is -2.34. The van der Waals surface area contributed by atoms with Gasteiger partial charge in [-0.05, 0) is 34.7 Å². The molecule has 1 aliphatic rings. The van der Waals surface area contributed by atoms with E-state index in [-0.39, 0.29) is 11.4 Å². The quantitative estimate of drug-likeness (QED) is 0.772. The number of nitrogens with one attached hydrogen (secondary N) is 1. The van der Waals surface area contributed by atoms with E-state index in [1.807, 2.05) is 4.90 Å². The fraction of sp³-hybridized carbons (Fsp3) is 0.417. The van der Waals surface area contributed by atoms with Crippen LogP contribution in [0.25, 0.3) is 0 Å². The van der Waals surface area contributed by atoms with Gasteiger partial charge in [0, 0.05) is 38.4 Å². The van der Waals surface area contributed by atoms with Crippen molar-refractivity contribution in [1.29, 1.82) is 0 Å². The topological polar surface area (TPSA) is 61.9 Å². The Kier molecular flexibility index (Phi) is 6.77. The SMILES string of the molecule is COC(=O)c1cccc(NC(=O)N2CCN(Cc3ccc(C(C)(C)C)cc3)CC2)c1. The van der Waals surface area contributed by atoms with Gasteiger partial charge in [-0.25, -0.2) is 9.59 Å². The van der Waals surface area contributed by atoms with E-state index >= 15 is 0 Å². The molecule has 1 heterocycles. The highest BCUT2D eigenvalue weighted by Gasteiger charge is 2.22. The predicted octanol–water partition coefficient (Wildman–Crippen LogP) is 4.12. The standard InChI is InChI=1S/C24H31N3O3/c1-24(2,3)20-10-8-18(9-11-20)17-26-12-14-27(15-13-26)23(29)25-21-7-5-6-19(16-21)22(28)30-4/h5-11,16H,12-15,17H2,1-4H3,(H,25,29). The summed E-state index contributed by atoms with van der Waals surface area (Å²) < 4.78 is 4.73. The molecule has 2 aromatic rings. The van der Waals surface area contributed by atoms with Crippen LogP contribution in [0.5, 0.6) is 0 Å². The number of piperazine rings is 1. The van der Waals surface area contributed by atoms with Crippen molar-refractivity contribution in [3.8, 4) is 0 Å². The van der Waals surface area contributed by atoms with Gasteiger partial charge in [0.05, 0.1) is 12.7 Å². The van der Waals surface area contributed by atoms with Crippen molar-refractivity contribution in [2.24, 2.45) is 0 Å². The maximum atomic E-state index is 12.6. The second kappa shape index (κ2) is 9.30. The van der Waals surface area contributed by atoms with Gasteiger partial charge >= 0.3 is 12.0 Å². The van der Waals surface area contributed by atoms with Crippen molar-refractivity contribution >= 4 is 17.7 Å². The molecular formula is C24H31N3O3. The van der Waals surface area contributed by atoms with Crippen molar-refractivity contribution in [2.75, 3.05) is 38.6 Å². The maximum absolute atomic E-state index is 12.6. The summed E-state index contributed by atoms with van der Waals surface area (Å²) >= 11 is 0. The first-order valence-corrected chi connectivity index (χ1v) is 10.3. The molecule has 1 N–H and O–H groups in total. The first-order valence-electron chi connectivity index (χ1n) is 10.3. The lowest BCUT2D eigenvalue weighted by molar-refractivity contribution is 0.0600. The number of carbonyl (C=O) groups is 2. The Morgan fingerprint density at radius 3 is 2.27 bits per heavy atom. The van der Waals surface area contributed by atoms with Crippen molar-refractivity contribution < 1.29 is 14.3 Å². The number of carbonyl (C=O) groups excluding carboxylic acids is 2. The molecule has 6 nitrogen and oxygen atoms in total. The van der Waals surface area contributed by atoms with Crippen LogP contribution in [-0.4, -0.2) is 55.1 Å². The van der Waals surface area contributed by atoms with E-state index in [0.717, 1.165) is 19.6 Å². The molecule has 0 radical (unpaired) electrons. The summed E-state index contributed by atoms with van der Waals surface area (Å²) in [6.45, 7) is 10.5. The molecule has 0 aliphatic carbocycles. The molecule has 2 aromatic carbocycles. The zero-order chi connectivity index (χ0) is 21.7. The molecule has 3 rings (SSSR count). The van der Waals surface area contributed by atoms with E-state index in [2.05, 4.69) is 55.3 Å². The first kappa shape index (κ1) is 21.8. The molecule has 160 valence electrons. The molecular weight excluding hydrogens is 378 g/mol. The highest BCUT2D eigenvalue weighted by molar-refractivity contribution is 5.93. The Bertz CT molecular complexity index is 879. The van der Waals surface area contributed by atoms with Crippen LogP contribution in [0.2, 0.25) is 0 Å². The van der Waals surface area contributed by atoms with Crippen LogP contribution in [-0.2, 0) is 16.7 Å². The van der Waals surface area contributed by atoms with Crippen LogP contribution in [0, 0.1) is 0 Å². The fourth-order valence-electron chi connectivity index (χ4n) is 3.52. The van der Waals surface area contributed by atoms with Crippen molar-refractivity contribution in [3.63, 3.8) is 0 Å². The summed E-state index contributed by atoms with van der Waals surface area (Å²) in [6.07, 6.45) is 0. The average Bonchev–Trinajstić information content (AvgIpc) is 2.73. The van der Waals surface area contributed by atoms with E-state index in [4.69, 9.17) is 4.74 Å². The Morgan fingerprint density at radius 2 is 1.67 bits per heavy atom. The van der Waals surface area contributed by atoms with Gasteiger partial charge in [-0.15, -0.1) is 0 Å². The second-order valence-electron chi connectivity index (χ2n) is 8.71. The van der Waals surface area contributed by atoms with Crippen molar-refractivity contribution in [1.82, 2.24) is 9.80 Å². The third kappa shape index (κ3) is 5.60. The number of urea groups is 1. The zero-order valence-corrected chi connectivity index (χ0v) is 18.3. The predicted molar refractivity (Wildman–Crippen MR) is 119 cm³/mol. The minimum Gasteiger partial charge on any atom is -0.465 e. The Hall–Kier alpha value is -2.86. The molecule has 1 fully saturated rings. The number of nitrogens with zero attached hydrogens (tertiary/aromatic N) is 2. The highest BCUT2D eigenvalue weighted by atomic mass is 16.5. The van der Waals surface area contributed by atoms with Gasteiger partial charge in [0.25, 0.3) is 0 Å². The number of hydrogen-bond donors (Lipinski definition) is 1. The number of rotatable bonds is 4. The Labute approximate surface area is 178 Å². The molecule has 0 saturated carbocycles. The third-order valence-corrected chi connectivity index (χ3v) is 5.42. The monoisotopic (exact) mass is 409 g/mol. The van der Waals surface area contributed by atoms with Crippen molar-refractivity contribution in [3.05, 3.63) is 65.2 Å². The largest absolute Gasteiger partial charge is 0.465 e. The van der Waals surface area contributed by atoms with Crippen LogP contribution >= 0.6 is 0 Å². The number of benzene rings is 2. The van der Waals surface area contributed by atoms with E-state index in [0.29, 0.717) is 24.3 Å². The summed E-state index contributed by atoms with van der Waals surface area (Å²) in [6, 6.07) is 15.5. The van der Waals surface area contributed by atoms with Crippen molar-refractivity contribution in [2.45, 2.75) is 32.7 Å². The Balaban J connectivity index is 1.50. The van der Waals surface area contributed by atoms with Crippen LogP contribution in [0.4, 0.5) is 10.5 Å². The molecule has 0 unspecified atom stereocenters. The highest BCUT2D eigenvalue weighted by Crippen LogP contribution is 2.22. The molecule has 2 amide bonds. The normalized spacial score (nSPS) is 15.0. The summed E-state index contributed by atoms with van der Waals surface area (Å²) in [5.41, 5.74) is 3.79. The number of ether oxygens (including phenoxy) is 1. The molecule has 0 atom stereocenters. The van der Waals surface area contributed by atoms with Crippen LogP contribution < -0.4 is 5.32 Å². The minimum atomic E-state index is -0.421. The number of amides is 2. The number of esters is 1. The van der Waals surface area contributed by atoms with Gasteiger partial charge in [0.1, 0.15) is 0 Å². The molecule has 0 spiro atoms. The third-order valence-electron chi connectivity index (χ3n) is 5.42. The van der Waals surface area contributed by atoms with Gasteiger partial charge < -0.3 is 15.0 Å². The Morgan fingerprint density at radius 1 is 1.00 bits per heavy atom. The van der Waals surface area contributed by atoms with E-state index in [1.165, 1.54) is 18.2 Å². The molecule has 1 saturated heterocycles. The van der Waals surface area contributed by atoms with Crippen LogP contribution in [0.3, 0.4) is 0 Å². The van der Waals surface area contributed by atoms with Gasteiger partial charge in [-0.2, -0.15) is 0 Å². The number of anilines is 1. The summed E-state index contributed by atoms with van der Waals surface area (Å²) in [4.78, 5) is 28.4. The van der Waals surface area contributed by atoms with E-state index in [1.54, 1.807) is 24.3 Å². The first-order chi connectivity index (χ1) is 14.3. The number of hydrogen-bond acceptors (Lipinski definition) is 4. The summed E-state index contributed by atoms with van der Waals surface area (Å²) in [5, 5.41) is 2.88. The number of methoxy groups -OCH3 is 1. The second-order valence-corrected chi connectivity index (χ2v) is 8.71. The van der Waals surface area contributed by atoms with Gasteiger partial charge in [0.15, 0.2) is 0 Å². The molecule has 0 aromatic heterocycles. The van der Waals surface area contributed by atoms with Gasteiger partial charge in [-0.1, -0.05) is 51.1 Å². The zero-order valence-electron chi connectivity index (χ0n) is 18.3. The van der Waals surface area contributed by atoms with Crippen LogP contribution in [0.15, 0.2) is 48.5 Å². The summed E-state index contributed by atoms with van der Waals surface area (Å²) in [5.74, 6) is -0.421. The maximum Gasteiger partial charge on any atom is 0.337 e. The van der Waals surface area contributed by atoms with Gasteiger partial charge in [0.2, 0.25) is 0 Å². The van der Waals surface area contributed by atoms with Crippen LogP contribution in [0.1, 0.15) is 42.3 Å². The molecule has 0 bridgehead atoms. The van der Waals surface area contributed by atoms with E-state index in [9.17, 15) is 9.59 Å². The smallest absolute Gasteiger partial charge is 0.337 e. The van der Waals surface area contributed by atoms with E-state index < -0.39 is 5.97 Å². The molecule has 30 heavy (non-hydrogen) atoms. The summed E-state index contributed by atoms with van der Waals surface area (Å²) in [7, 11) is 1.34. The lowest BCUT2D eigenvalue weighted by atomic mass is 9.87. The van der Waals surface area contributed by atoms with Gasteiger partial charge in [-0.3, -0.25) is 4.90 Å². The average molecular weight is 410 g/mol. The minimum absolute atomic E-state index is 0.147. The lowest BCUT2D eigenvalue weighted by Crippen LogP contribution is -2.49. The molecule has 6 heteroatoms. The molecule has 1 aliphatic heterocycles.